The number of hydrogen-bond acceptors (Lipinski definition) is 8. The number of fused-ring (bicyclic) bond motifs is 1. The Kier molecular flexibility index (Phi) is 6.67. The standard InChI is InChI=1S/C20H17FN8O2.C2H6/c1-20(10-29-9-12(6-22)26-18(29)17(23)28-20)13-5-11(3-4-14(13)21)27-19(30)15-7-25-16(31-2)8-24-15;1-2/h3-5,7-9H,10H2,1-2H3,(H2,23,28)(H,27,30);1-2H3. The zero-order chi connectivity index (χ0) is 24.2. The summed E-state index contributed by atoms with van der Waals surface area (Å²) in [5.41, 5.74) is 5.81. The zero-order valence-electron chi connectivity index (χ0n) is 18.6. The van der Waals surface area contributed by atoms with Crippen LogP contribution in [0.5, 0.6) is 5.88 Å². The first-order chi connectivity index (χ1) is 15.8. The van der Waals surface area contributed by atoms with Crippen molar-refractivity contribution in [2.24, 2.45) is 10.7 Å². The van der Waals surface area contributed by atoms with E-state index >= 15 is 0 Å². The quantitative estimate of drug-likeness (QED) is 0.621. The summed E-state index contributed by atoms with van der Waals surface area (Å²) < 4.78 is 21.4. The molecule has 2 aromatic heterocycles. The number of rotatable bonds is 4. The van der Waals surface area contributed by atoms with Gasteiger partial charge in [-0.1, -0.05) is 13.8 Å². The molecule has 0 fully saturated rings. The number of anilines is 1. The largest absolute Gasteiger partial charge is 0.480 e. The Morgan fingerprint density at radius 1 is 1.33 bits per heavy atom. The second-order valence-electron chi connectivity index (χ2n) is 7.05. The SMILES string of the molecule is CC.COc1cnc(C(=O)Nc2ccc(F)c(C3(C)Cn4cc(C#N)nc4C(N)=N3)c2)cn1. The number of nitrogens with one attached hydrogen (secondary N) is 1. The average molecular weight is 450 g/mol. The van der Waals surface area contributed by atoms with E-state index in [1.165, 1.54) is 37.7 Å². The summed E-state index contributed by atoms with van der Waals surface area (Å²) in [5, 5.41) is 11.8. The predicted molar refractivity (Wildman–Crippen MR) is 119 cm³/mol. The van der Waals surface area contributed by atoms with Crippen LogP contribution in [0.4, 0.5) is 10.1 Å². The number of nitriles is 1. The predicted octanol–water partition coefficient (Wildman–Crippen LogP) is 2.61. The first-order valence-electron chi connectivity index (χ1n) is 10.1. The van der Waals surface area contributed by atoms with Crippen LogP contribution in [0.15, 0.2) is 41.8 Å². The van der Waals surface area contributed by atoms with Crippen LogP contribution in [0.3, 0.4) is 0 Å². The molecule has 1 unspecified atom stereocenters. The van der Waals surface area contributed by atoms with E-state index in [2.05, 4.69) is 25.3 Å². The Bertz CT molecular complexity index is 1250. The van der Waals surface area contributed by atoms with Crippen molar-refractivity contribution in [1.82, 2.24) is 19.5 Å². The van der Waals surface area contributed by atoms with Crippen LogP contribution in [-0.4, -0.2) is 38.4 Å². The van der Waals surface area contributed by atoms with E-state index in [-0.39, 0.29) is 35.2 Å². The number of nitrogens with two attached hydrogens (primary N) is 1. The second kappa shape index (κ2) is 9.44. The molecule has 0 bridgehead atoms. The van der Waals surface area contributed by atoms with Crippen molar-refractivity contribution in [3.63, 3.8) is 0 Å². The van der Waals surface area contributed by atoms with Gasteiger partial charge in [-0.2, -0.15) is 5.26 Å². The third kappa shape index (κ3) is 4.64. The van der Waals surface area contributed by atoms with E-state index < -0.39 is 17.3 Å². The highest BCUT2D eigenvalue weighted by Crippen LogP contribution is 2.34. The van der Waals surface area contributed by atoms with Gasteiger partial charge in [0.1, 0.15) is 23.1 Å². The average Bonchev–Trinajstić information content (AvgIpc) is 3.25. The molecule has 0 radical (unpaired) electrons. The molecule has 0 saturated carbocycles. The Balaban J connectivity index is 0.00000149. The minimum Gasteiger partial charge on any atom is -0.480 e. The van der Waals surface area contributed by atoms with E-state index in [1.54, 1.807) is 17.7 Å². The first kappa shape index (κ1) is 23.3. The van der Waals surface area contributed by atoms with Gasteiger partial charge in [0, 0.05) is 17.4 Å². The number of carbonyl (C=O) groups excluding carboxylic acids is 1. The molecule has 3 aromatic rings. The minimum atomic E-state index is -1.07. The van der Waals surface area contributed by atoms with Gasteiger partial charge in [-0.3, -0.25) is 9.79 Å². The maximum atomic E-state index is 14.8. The van der Waals surface area contributed by atoms with Crippen LogP contribution in [0.2, 0.25) is 0 Å². The summed E-state index contributed by atoms with van der Waals surface area (Å²) in [4.78, 5) is 29.0. The number of aromatic nitrogens is 4. The van der Waals surface area contributed by atoms with Crippen LogP contribution in [0, 0.1) is 17.1 Å². The number of halogens is 1. The molecular weight excluding hydrogens is 427 g/mol. The van der Waals surface area contributed by atoms with E-state index in [0.29, 0.717) is 11.5 Å². The molecule has 0 saturated heterocycles. The Morgan fingerprint density at radius 3 is 2.73 bits per heavy atom. The lowest BCUT2D eigenvalue weighted by atomic mass is 9.90. The molecule has 1 amide bonds. The Hall–Kier alpha value is -4.33. The Labute approximate surface area is 190 Å². The molecule has 1 aliphatic heterocycles. The number of amides is 1. The second-order valence-corrected chi connectivity index (χ2v) is 7.05. The van der Waals surface area contributed by atoms with Crippen LogP contribution in [0.1, 0.15) is 48.3 Å². The van der Waals surface area contributed by atoms with Gasteiger partial charge in [-0.25, -0.2) is 19.3 Å². The van der Waals surface area contributed by atoms with Crippen molar-refractivity contribution in [3.05, 3.63) is 65.4 Å². The maximum absolute atomic E-state index is 14.8. The van der Waals surface area contributed by atoms with Crippen molar-refractivity contribution >= 4 is 17.4 Å². The lowest BCUT2D eigenvalue weighted by molar-refractivity contribution is 0.102. The number of aliphatic imine (C=N–C) groups is 1. The number of hydrogen-bond donors (Lipinski definition) is 2. The molecule has 33 heavy (non-hydrogen) atoms. The van der Waals surface area contributed by atoms with Crippen molar-refractivity contribution in [2.45, 2.75) is 32.9 Å². The normalized spacial score (nSPS) is 16.4. The number of amidine groups is 1. The molecule has 1 aliphatic rings. The highest BCUT2D eigenvalue weighted by atomic mass is 19.1. The summed E-state index contributed by atoms with van der Waals surface area (Å²) >= 11 is 0. The van der Waals surface area contributed by atoms with Gasteiger partial charge in [0.25, 0.3) is 5.91 Å². The lowest BCUT2D eigenvalue weighted by Crippen LogP contribution is -2.37. The zero-order valence-corrected chi connectivity index (χ0v) is 18.6. The smallest absolute Gasteiger partial charge is 0.275 e. The molecule has 11 heteroatoms. The minimum absolute atomic E-state index is 0.0740. The number of nitrogens with zero attached hydrogens (tertiary/aromatic N) is 6. The third-order valence-electron chi connectivity index (χ3n) is 4.84. The highest BCUT2D eigenvalue weighted by molar-refractivity contribution is 6.02. The van der Waals surface area contributed by atoms with Crippen LogP contribution in [0.25, 0.3) is 0 Å². The van der Waals surface area contributed by atoms with Crippen molar-refractivity contribution in [3.8, 4) is 11.9 Å². The summed E-state index contributed by atoms with van der Waals surface area (Å²) in [5.74, 6) is -0.292. The molecule has 3 heterocycles. The number of ether oxygens (including phenoxy) is 1. The molecule has 0 aliphatic carbocycles. The van der Waals surface area contributed by atoms with Gasteiger partial charge in [0.05, 0.1) is 26.0 Å². The summed E-state index contributed by atoms with van der Waals surface area (Å²) in [7, 11) is 1.44. The molecule has 1 atom stereocenters. The van der Waals surface area contributed by atoms with Crippen LogP contribution in [-0.2, 0) is 12.1 Å². The van der Waals surface area contributed by atoms with E-state index in [4.69, 9.17) is 15.7 Å². The van der Waals surface area contributed by atoms with Gasteiger partial charge in [-0.15, -0.1) is 0 Å². The maximum Gasteiger partial charge on any atom is 0.275 e. The first-order valence-corrected chi connectivity index (χ1v) is 10.1. The van der Waals surface area contributed by atoms with E-state index in [0.717, 1.165) is 0 Å². The molecule has 10 nitrogen and oxygen atoms in total. The lowest BCUT2D eigenvalue weighted by Gasteiger charge is -2.31. The third-order valence-corrected chi connectivity index (χ3v) is 4.84. The van der Waals surface area contributed by atoms with Gasteiger partial charge in [-0.05, 0) is 25.1 Å². The number of benzene rings is 1. The molecule has 4 rings (SSSR count). The highest BCUT2D eigenvalue weighted by Gasteiger charge is 2.35. The molecule has 0 spiro atoms. The molecule has 170 valence electrons. The van der Waals surface area contributed by atoms with Crippen LogP contribution >= 0.6 is 0 Å². The summed E-state index contributed by atoms with van der Waals surface area (Å²) in [6.45, 7) is 5.93. The number of methoxy groups -OCH3 is 1. The van der Waals surface area contributed by atoms with Crippen molar-refractivity contribution < 1.29 is 13.9 Å². The van der Waals surface area contributed by atoms with Crippen molar-refractivity contribution in [1.29, 1.82) is 5.26 Å². The fourth-order valence-corrected chi connectivity index (χ4v) is 3.37. The fraction of sp³-hybridized carbons (Fsp3) is 0.273. The molecular formula is C22H23FN8O2. The monoisotopic (exact) mass is 450 g/mol. The van der Waals surface area contributed by atoms with Gasteiger partial charge < -0.3 is 20.4 Å². The van der Waals surface area contributed by atoms with Gasteiger partial charge in [0.2, 0.25) is 5.88 Å². The number of carbonyl (C=O) groups is 1. The van der Waals surface area contributed by atoms with E-state index in [9.17, 15) is 9.18 Å². The van der Waals surface area contributed by atoms with Gasteiger partial charge >= 0.3 is 0 Å². The van der Waals surface area contributed by atoms with Crippen LogP contribution < -0.4 is 15.8 Å². The fourth-order valence-electron chi connectivity index (χ4n) is 3.37. The summed E-state index contributed by atoms with van der Waals surface area (Å²) in [6.07, 6.45) is 4.14. The molecule has 3 N–H and O–H groups in total. The number of imidazole rings is 1. The van der Waals surface area contributed by atoms with Crippen molar-refractivity contribution in [2.75, 3.05) is 12.4 Å². The van der Waals surface area contributed by atoms with E-state index in [1.807, 2.05) is 19.9 Å². The topological polar surface area (TPSA) is 144 Å². The Morgan fingerprint density at radius 2 is 2.09 bits per heavy atom. The summed E-state index contributed by atoms with van der Waals surface area (Å²) in [6, 6.07) is 6.12. The van der Waals surface area contributed by atoms with Gasteiger partial charge in [0.15, 0.2) is 17.4 Å². The molecule has 1 aromatic carbocycles.